The summed E-state index contributed by atoms with van der Waals surface area (Å²) in [7, 11) is -3.08. The lowest BCUT2D eigenvalue weighted by Gasteiger charge is -2.14. The number of nitrogens with zero attached hydrogens (tertiary/aromatic N) is 2. The van der Waals surface area contributed by atoms with E-state index >= 15 is 0 Å². The van der Waals surface area contributed by atoms with Crippen LogP contribution < -0.4 is 15.8 Å². The van der Waals surface area contributed by atoms with Crippen molar-refractivity contribution in [1.82, 2.24) is 14.5 Å². The van der Waals surface area contributed by atoms with Crippen LogP contribution in [-0.2, 0) is 20.9 Å². The van der Waals surface area contributed by atoms with Crippen molar-refractivity contribution < 1.29 is 33.3 Å². The first-order valence-electron chi connectivity index (χ1n) is 6.92. The largest absolute Gasteiger partial charge is 0.469 e. The monoisotopic (exact) mass is 363 g/mol. The van der Waals surface area contributed by atoms with Gasteiger partial charge in [0, 0.05) is 6.42 Å². The van der Waals surface area contributed by atoms with Gasteiger partial charge in [0.2, 0.25) is 5.52 Å². The zero-order valence-corrected chi connectivity index (χ0v) is 13.3. The quantitative estimate of drug-likeness (QED) is 0.295. The maximum atomic E-state index is 11.9. The third kappa shape index (κ3) is 3.20. The maximum Gasteiger partial charge on any atom is 0.469 e. The third-order valence-corrected chi connectivity index (χ3v) is 4.21. The zero-order valence-electron chi connectivity index (χ0n) is 12.4. The molecule has 13 heteroatoms. The number of aliphatic hydroxyl groups excluding tert-OH is 1. The Morgan fingerprint density at radius 1 is 1.46 bits per heavy atom. The normalized spacial score (nSPS) is 24.8. The molecule has 1 aliphatic heterocycles. The van der Waals surface area contributed by atoms with Crippen molar-refractivity contribution in [2.24, 2.45) is 7.05 Å². The highest BCUT2D eigenvalue weighted by Gasteiger charge is 2.39. The van der Waals surface area contributed by atoms with Gasteiger partial charge in [-0.15, -0.1) is 0 Å². The molecule has 0 radical (unpaired) electrons. The summed E-state index contributed by atoms with van der Waals surface area (Å²) in [5.41, 5.74) is -0.843. The molecule has 0 aromatic carbocycles. The molecule has 1 saturated heterocycles. The van der Waals surface area contributed by atoms with Gasteiger partial charge in [0.05, 0.1) is 19.8 Å². The minimum atomic E-state index is -4.68. The van der Waals surface area contributed by atoms with Crippen LogP contribution in [0.5, 0.6) is 0 Å². The smallest absolute Gasteiger partial charge is 0.390 e. The average molecular weight is 363 g/mol. The third-order valence-electron chi connectivity index (χ3n) is 3.73. The lowest BCUT2D eigenvalue weighted by atomic mass is 10.2. The predicted molar refractivity (Wildman–Crippen MR) is 76.9 cm³/mol. The van der Waals surface area contributed by atoms with Gasteiger partial charge in [-0.25, -0.2) is 18.9 Å². The van der Waals surface area contributed by atoms with Gasteiger partial charge in [0.15, 0.2) is 12.6 Å². The Bertz CT molecular complexity index is 926. The summed E-state index contributed by atoms with van der Waals surface area (Å²) in [6.45, 7) is -0.496. The summed E-state index contributed by atoms with van der Waals surface area (Å²) in [6.07, 6.45) is -1.13. The number of hydrogen-bond donors (Lipinski definition) is 5. The summed E-state index contributed by atoms with van der Waals surface area (Å²) in [5.74, 6) is 0. The van der Waals surface area contributed by atoms with Crippen LogP contribution in [0.2, 0.25) is 0 Å². The van der Waals surface area contributed by atoms with Crippen LogP contribution in [0.3, 0.4) is 0 Å². The molecule has 3 rings (SSSR count). The Morgan fingerprint density at radius 2 is 2.17 bits per heavy atom. The molecule has 0 unspecified atom stereocenters. The molecule has 2 aromatic rings. The maximum absolute atomic E-state index is 11.9. The van der Waals surface area contributed by atoms with Crippen molar-refractivity contribution in [3.8, 4) is 0 Å². The average Bonchev–Trinajstić information content (AvgIpc) is 2.96. The number of phosphoric ester groups is 1. The van der Waals surface area contributed by atoms with E-state index in [4.69, 9.17) is 14.5 Å². The van der Waals surface area contributed by atoms with E-state index in [-0.39, 0.29) is 17.6 Å². The number of nitrogens with one attached hydrogen (secondary N) is 2. The van der Waals surface area contributed by atoms with Crippen LogP contribution in [0.15, 0.2) is 15.9 Å². The van der Waals surface area contributed by atoms with Crippen molar-refractivity contribution in [3.63, 3.8) is 0 Å². The standard InChI is InChI=1S/C11H15N4O8P/c1-14-4-15(9-8(14)10(17)13-11(18)12-9)7-2-5(16)6(23-7)3-22-24(19,20)21/h4-7,16H,2-3H2,1H3,(H3-,12,13,17,18,19,20,21)/p+1/t5-,6+,7+/m0/s1. The number of ether oxygens (including phenoxy) is 1. The molecule has 0 amide bonds. The molecule has 5 N–H and O–H groups in total. The molecule has 0 aliphatic carbocycles. The first-order chi connectivity index (χ1) is 11.2. The number of rotatable bonds is 4. The first kappa shape index (κ1) is 17.0. The SMILES string of the molecule is Cn1c[n+]([C@H]2C[C@H](O)[C@@H](COP(=O)(O)O)O2)c2[nH]c(=O)[nH]c(=O)c21. The second-order valence-electron chi connectivity index (χ2n) is 5.46. The Hall–Kier alpha value is -1.82. The van der Waals surface area contributed by atoms with Gasteiger partial charge in [0.1, 0.15) is 6.10 Å². The fraction of sp³-hybridized carbons (Fsp3) is 0.545. The molecule has 24 heavy (non-hydrogen) atoms. The summed E-state index contributed by atoms with van der Waals surface area (Å²) in [5, 5.41) is 9.99. The number of aromatic amines is 2. The Kier molecular flexibility index (Phi) is 4.20. The molecule has 2 aromatic heterocycles. The number of imidazole rings is 1. The molecule has 3 heterocycles. The number of H-pyrrole nitrogens is 2. The highest BCUT2D eigenvalue weighted by Crippen LogP contribution is 2.37. The van der Waals surface area contributed by atoms with Gasteiger partial charge in [0.25, 0.3) is 11.2 Å². The van der Waals surface area contributed by atoms with Gasteiger partial charge < -0.3 is 19.6 Å². The number of aliphatic hydroxyl groups is 1. The Morgan fingerprint density at radius 3 is 2.83 bits per heavy atom. The predicted octanol–water partition coefficient (Wildman–Crippen LogP) is -2.40. The lowest BCUT2D eigenvalue weighted by molar-refractivity contribution is -0.739. The van der Waals surface area contributed by atoms with Crippen LogP contribution in [0.1, 0.15) is 12.6 Å². The van der Waals surface area contributed by atoms with Gasteiger partial charge in [-0.3, -0.25) is 18.9 Å². The fourth-order valence-electron chi connectivity index (χ4n) is 2.71. The van der Waals surface area contributed by atoms with E-state index in [1.54, 1.807) is 7.05 Å². The molecule has 132 valence electrons. The van der Waals surface area contributed by atoms with Crippen LogP contribution >= 0.6 is 7.82 Å². The second-order valence-corrected chi connectivity index (χ2v) is 6.70. The molecule has 1 aliphatic rings. The van der Waals surface area contributed by atoms with Gasteiger partial charge >= 0.3 is 13.5 Å². The van der Waals surface area contributed by atoms with E-state index in [2.05, 4.69) is 14.5 Å². The van der Waals surface area contributed by atoms with Crippen molar-refractivity contribution in [2.45, 2.75) is 24.9 Å². The molecule has 0 saturated carbocycles. The van der Waals surface area contributed by atoms with E-state index in [0.29, 0.717) is 0 Å². The van der Waals surface area contributed by atoms with E-state index < -0.39 is 44.1 Å². The Labute approximate surface area is 133 Å². The minimum Gasteiger partial charge on any atom is -0.390 e. The van der Waals surface area contributed by atoms with Crippen LogP contribution in [-0.4, -0.2) is 48.2 Å². The highest BCUT2D eigenvalue weighted by molar-refractivity contribution is 7.46. The van der Waals surface area contributed by atoms with E-state index in [1.165, 1.54) is 15.5 Å². The summed E-state index contributed by atoms with van der Waals surface area (Å²) < 4.78 is 23.6. The number of aromatic nitrogens is 4. The molecule has 12 nitrogen and oxygen atoms in total. The van der Waals surface area contributed by atoms with Crippen molar-refractivity contribution in [3.05, 3.63) is 27.2 Å². The van der Waals surface area contributed by atoms with Crippen LogP contribution in [0.25, 0.3) is 11.2 Å². The molecular weight excluding hydrogens is 347 g/mol. The van der Waals surface area contributed by atoms with Gasteiger partial charge in [-0.05, 0) is 0 Å². The molecule has 3 atom stereocenters. The fourth-order valence-corrected chi connectivity index (χ4v) is 3.05. The van der Waals surface area contributed by atoms with Crippen molar-refractivity contribution in [1.29, 1.82) is 0 Å². The Balaban J connectivity index is 1.91. The number of hydrogen-bond acceptors (Lipinski definition) is 6. The van der Waals surface area contributed by atoms with E-state index in [0.717, 1.165) is 0 Å². The number of aryl methyl sites for hydroxylation is 1. The van der Waals surface area contributed by atoms with Crippen molar-refractivity contribution >= 4 is 19.0 Å². The number of phosphoric acid groups is 1. The van der Waals surface area contributed by atoms with Gasteiger partial charge in [-0.1, -0.05) is 0 Å². The molecule has 0 bridgehead atoms. The van der Waals surface area contributed by atoms with Crippen LogP contribution in [0, 0.1) is 0 Å². The lowest BCUT2D eigenvalue weighted by Crippen LogP contribution is -2.40. The zero-order chi connectivity index (χ0) is 17.6. The summed E-state index contributed by atoms with van der Waals surface area (Å²) >= 11 is 0. The van der Waals surface area contributed by atoms with Crippen molar-refractivity contribution in [2.75, 3.05) is 6.61 Å². The molecule has 0 spiro atoms. The van der Waals surface area contributed by atoms with E-state index in [9.17, 15) is 19.3 Å². The topological polar surface area (TPSA) is 171 Å². The van der Waals surface area contributed by atoms with E-state index in [1.807, 2.05) is 0 Å². The second kappa shape index (κ2) is 5.92. The number of fused-ring (bicyclic) bond motifs is 1. The first-order valence-corrected chi connectivity index (χ1v) is 8.45. The minimum absolute atomic E-state index is 0.0911. The molecular formula is C11H16N4O8P+. The highest BCUT2D eigenvalue weighted by atomic mass is 31.2. The van der Waals surface area contributed by atoms with Gasteiger partial charge in [-0.2, -0.15) is 0 Å². The van der Waals surface area contributed by atoms with Crippen LogP contribution in [0.4, 0.5) is 0 Å². The molecule has 1 fully saturated rings. The summed E-state index contributed by atoms with van der Waals surface area (Å²) in [4.78, 5) is 45.4. The summed E-state index contributed by atoms with van der Waals surface area (Å²) in [6, 6.07) is 0.